The largest absolute Gasteiger partial charge is 0.350 e. The van der Waals surface area contributed by atoms with Gasteiger partial charge in [0.2, 0.25) is 0 Å². The number of anilines is 1. The van der Waals surface area contributed by atoms with Crippen LogP contribution in [0.5, 0.6) is 0 Å². The van der Waals surface area contributed by atoms with Crippen molar-refractivity contribution in [2.24, 2.45) is 0 Å². The molecule has 3 fully saturated rings. The van der Waals surface area contributed by atoms with Crippen LogP contribution in [0.15, 0.2) is 24.9 Å². The van der Waals surface area contributed by atoms with Crippen molar-refractivity contribution in [1.82, 2.24) is 29.6 Å². The smallest absolute Gasteiger partial charge is 0.147 e. The van der Waals surface area contributed by atoms with Gasteiger partial charge in [-0.1, -0.05) is 0 Å². The third kappa shape index (κ3) is 3.25. The van der Waals surface area contributed by atoms with Gasteiger partial charge in [0.25, 0.3) is 0 Å². The minimum atomic E-state index is 0.597. The lowest BCUT2D eigenvalue weighted by molar-refractivity contribution is 0.194. The summed E-state index contributed by atoms with van der Waals surface area (Å²) >= 11 is 0. The van der Waals surface area contributed by atoms with Gasteiger partial charge >= 0.3 is 0 Å². The molecule has 25 heavy (non-hydrogen) atoms. The fourth-order valence-corrected chi connectivity index (χ4v) is 4.05. The van der Waals surface area contributed by atoms with Crippen LogP contribution in [-0.4, -0.2) is 54.8 Å². The van der Waals surface area contributed by atoms with Crippen LogP contribution in [-0.2, 0) is 6.54 Å². The molecule has 2 aliphatic carbocycles. The van der Waals surface area contributed by atoms with Crippen LogP contribution in [0.3, 0.4) is 0 Å². The lowest BCUT2D eigenvalue weighted by atomic mass is 10.0. The van der Waals surface area contributed by atoms with E-state index in [9.17, 15) is 0 Å². The first-order chi connectivity index (χ1) is 12.4. The van der Waals surface area contributed by atoms with Crippen molar-refractivity contribution in [2.75, 3.05) is 18.0 Å². The number of rotatable bonds is 6. The van der Waals surface area contributed by atoms with E-state index in [1.807, 2.05) is 12.5 Å². The van der Waals surface area contributed by atoms with Gasteiger partial charge in [0.15, 0.2) is 0 Å². The summed E-state index contributed by atoms with van der Waals surface area (Å²) < 4.78 is 2.28. The van der Waals surface area contributed by atoms with Crippen LogP contribution in [0.1, 0.15) is 50.4 Å². The van der Waals surface area contributed by atoms with Gasteiger partial charge in [-0.05, 0) is 44.6 Å². The molecular formula is C18H25N7. The minimum absolute atomic E-state index is 0.597. The molecule has 0 bridgehead atoms. The third-order valence-corrected chi connectivity index (χ3v) is 5.67. The van der Waals surface area contributed by atoms with Crippen molar-refractivity contribution in [1.29, 1.82) is 0 Å². The summed E-state index contributed by atoms with van der Waals surface area (Å²) in [5, 5.41) is 8.48. The van der Waals surface area contributed by atoms with Crippen molar-refractivity contribution < 1.29 is 0 Å². The lowest BCUT2D eigenvalue weighted by Gasteiger charge is -2.39. The Kier molecular flexibility index (Phi) is 3.88. The van der Waals surface area contributed by atoms with Gasteiger partial charge < -0.3 is 9.47 Å². The normalized spacial score (nSPS) is 22.2. The summed E-state index contributed by atoms with van der Waals surface area (Å²) in [6.45, 7) is 3.17. The molecule has 0 spiro atoms. The fourth-order valence-electron chi connectivity index (χ4n) is 4.05. The monoisotopic (exact) mass is 339 g/mol. The fraction of sp³-hybridized carbons (Fsp3) is 0.667. The molecule has 132 valence electrons. The molecule has 7 heteroatoms. The van der Waals surface area contributed by atoms with Crippen molar-refractivity contribution >= 4 is 5.82 Å². The molecule has 1 aliphatic heterocycles. The highest BCUT2D eigenvalue weighted by atomic mass is 15.3. The first-order valence-corrected chi connectivity index (χ1v) is 9.53. The van der Waals surface area contributed by atoms with E-state index in [4.69, 9.17) is 0 Å². The third-order valence-electron chi connectivity index (χ3n) is 5.67. The van der Waals surface area contributed by atoms with Crippen LogP contribution >= 0.6 is 0 Å². The molecule has 1 saturated heterocycles. The zero-order valence-electron chi connectivity index (χ0n) is 14.5. The second kappa shape index (κ2) is 6.37. The van der Waals surface area contributed by atoms with Gasteiger partial charge in [-0.25, -0.2) is 9.97 Å². The average molecular weight is 339 g/mol. The van der Waals surface area contributed by atoms with E-state index in [0.29, 0.717) is 18.1 Å². The second-order valence-electron chi connectivity index (χ2n) is 7.60. The van der Waals surface area contributed by atoms with Crippen molar-refractivity contribution in [2.45, 2.75) is 63.2 Å². The Balaban J connectivity index is 1.22. The maximum Gasteiger partial charge on any atom is 0.147 e. The summed E-state index contributed by atoms with van der Waals surface area (Å²) in [6.07, 6.45) is 13.0. The Morgan fingerprint density at radius 2 is 1.84 bits per heavy atom. The number of piperidine rings is 1. The van der Waals surface area contributed by atoms with Gasteiger partial charge in [0.1, 0.15) is 24.3 Å². The molecular weight excluding hydrogens is 314 g/mol. The summed E-state index contributed by atoms with van der Waals surface area (Å²) in [5.74, 6) is 2.24. The molecule has 0 radical (unpaired) electrons. The van der Waals surface area contributed by atoms with E-state index >= 15 is 0 Å². The number of aromatic nitrogens is 5. The number of hydrogen-bond donors (Lipinski definition) is 0. The highest BCUT2D eigenvalue weighted by molar-refractivity contribution is 5.41. The first kappa shape index (κ1) is 15.3. The molecule has 7 nitrogen and oxygen atoms in total. The summed E-state index contributed by atoms with van der Waals surface area (Å²) in [4.78, 5) is 13.7. The zero-order chi connectivity index (χ0) is 16.6. The molecule has 5 rings (SSSR count). The molecule has 3 heterocycles. The zero-order valence-corrected chi connectivity index (χ0v) is 14.5. The maximum absolute atomic E-state index is 4.51. The van der Waals surface area contributed by atoms with E-state index in [0.717, 1.165) is 31.3 Å². The Morgan fingerprint density at radius 3 is 2.52 bits per heavy atom. The van der Waals surface area contributed by atoms with Crippen LogP contribution in [0.25, 0.3) is 0 Å². The Labute approximate surface area is 148 Å². The number of likely N-dealkylation sites (tertiary alicyclic amines) is 1. The first-order valence-electron chi connectivity index (χ1n) is 9.53. The van der Waals surface area contributed by atoms with Crippen molar-refractivity contribution in [3.05, 3.63) is 30.7 Å². The Bertz CT molecular complexity index is 699. The summed E-state index contributed by atoms with van der Waals surface area (Å²) in [6, 6.07) is 4.00. The van der Waals surface area contributed by atoms with Gasteiger partial charge in [-0.15, -0.1) is 10.2 Å². The SMILES string of the molecule is c1cc(N(C2CC2)C2CCN(Cc3nncn3C3CC3)CC2)ncn1. The molecule has 0 amide bonds. The van der Waals surface area contributed by atoms with Crippen LogP contribution in [0, 0.1) is 0 Å². The quantitative estimate of drug-likeness (QED) is 0.802. The predicted molar refractivity (Wildman–Crippen MR) is 94.1 cm³/mol. The minimum Gasteiger partial charge on any atom is -0.350 e. The second-order valence-corrected chi connectivity index (χ2v) is 7.60. The van der Waals surface area contributed by atoms with Crippen molar-refractivity contribution in [3.63, 3.8) is 0 Å². The van der Waals surface area contributed by atoms with Crippen LogP contribution in [0.4, 0.5) is 5.82 Å². The van der Waals surface area contributed by atoms with E-state index in [-0.39, 0.29) is 0 Å². The highest BCUT2D eigenvalue weighted by Gasteiger charge is 2.36. The average Bonchev–Trinajstić information content (AvgIpc) is 3.58. The Morgan fingerprint density at radius 1 is 1.04 bits per heavy atom. The van der Waals surface area contributed by atoms with E-state index in [2.05, 4.69) is 40.6 Å². The summed E-state index contributed by atoms with van der Waals surface area (Å²) in [7, 11) is 0. The van der Waals surface area contributed by atoms with Crippen molar-refractivity contribution in [3.8, 4) is 0 Å². The predicted octanol–water partition coefficient (Wildman–Crippen LogP) is 2.04. The maximum atomic E-state index is 4.51. The van der Waals surface area contributed by atoms with E-state index in [1.165, 1.54) is 38.5 Å². The van der Waals surface area contributed by atoms with E-state index in [1.54, 1.807) is 6.33 Å². The molecule has 0 atom stereocenters. The topological polar surface area (TPSA) is 63.0 Å². The molecule has 0 unspecified atom stereocenters. The van der Waals surface area contributed by atoms with E-state index < -0.39 is 0 Å². The molecule has 2 aromatic heterocycles. The number of hydrogen-bond acceptors (Lipinski definition) is 6. The highest BCUT2D eigenvalue weighted by Crippen LogP contribution is 2.36. The van der Waals surface area contributed by atoms with Gasteiger partial charge in [0.05, 0.1) is 6.54 Å². The molecule has 3 aliphatic rings. The standard InChI is InChI=1S/C18H25N7/c1-2-14(1)24-13-21-22-18(24)11-23-9-6-16(7-10-23)25(15-3-4-15)17-5-8-19-12-20-17/h5,8,12-16H,1-4,6-7,9-11H2. The molecule has 2 saturated carbocycles. The van der Waals surface area contributed by atoms with Crippen LogP contribution in [0.2, 0.25) is 0 Å². The van der Waals surface area contributed by atoms with Gasteiger partial charge in [-0.2, -0.15) is 0 Å². The van der Waals surface area contributed by atoms with Crippen LogP contribution < -0.4 is 4.90 Å². The lowest BCUT2D eigenvalue weighted by Crippen LogP contribution is -2.46. The van der Waals surface area contributed by atoms with Gasteiger partial charge in [0, 0.05) is 37.4 Å². The summed E-state index contributed by atoms with van der Waals surface area (Å²) in [5.41, 5.74) is 0. The number of nitrogens with zero attached hydrogens (tertiary/aromatic N) is 7. The van der Waals surface area contributed by atoms with Gasteiger partial charge in [-0.3, -0.25) is 4.90 Å². The molecule has 0 N–H and O–H groups in total. The molecule has 0 aromatic carbocycles. The Hall–Kier alpha value is -2.02. The molecule has 2 aromatic rings.